The number of fused-ring (bicyclic) bond motifs is 2. The first-order valence-electron chi connectivity index (χ1n) is 7.65. The van der Waals surface area contributed by atoms with Crippen molar-refractivity contribution in [2.45, 2.75) is 63.8 Å². The Morgan fingerprint density at radius 3 is 2.45 bits per heavy atom. The van der Waals surface area contributed by atoms with Crippen LogP contribution in [0, 0.1) is 5.92 Å². The molecule has 0 radical (unpaired) electrons. The minimum atomic E-state index is -0.0836. The van der Waals surface area contributed by atoms with Crippen molar-refractivity contribution >= 4 is 5.69 Å². The molecule has 0 saturated heterocycles. The van der Waals surface area contributed by atoms with E-state index < -0.39 is 0 Å². The lowest BCUT2D eigenvalue weighted by Crippen LogP contribution is -2.18. The number of phenolic OH excluding ortho intramolecular Hbond substituents is 1. The van der Waals surface area contributed by atoms with Gasteiger partial charge in [-0.05, 0) is 49.5 Å². The summed E-state index contributed by atoms with van der Waals surface area (Å²) in [4.78, 5) is 0. The first kappa shape index (κ1) is 13.6. The second-order valence-electron chi connectivity index (χ2n) is 7.50. The average molecular weight is 272 g/mol. The van der Waals surface area contributed by atoms with Crippen molar-refractivity contribution in [1.29, 1.82) is 0 Å². The standard InChI is InChI=1S/C17H24N2O/c1-16(2,3)13-5-4-6-14(15(13)20)18-19-17-9-7-12(11-17)8-10-17/h4-6,12,20H,7-11H2,1-3H3. The summed E-state index contributed by atoms with van der Waals surface area (Å²) in [6.07, 6.45) is 6.12. The third kappa shape index (κ3) is 2.34. The highest BCUT2D eigenvalue weighted by Crippen LogP contribution is 2.51. The highest BCUT2D eigenvalue weighted by molar-refractivity contribution is 5.56. The van der Waals surface area contributed by atoms with E-state index in [1.165, 1.54) is 32.1 Å². The van der Waals surface area contributed by atoms with E-state index in [1.54, 1.807) is 0 Å². The van der Waals surface area contributed by atoms with E-state index in [0.717, 1.165) is 11.5 Å². The maximum absolute atomic E-state index is 10.4. The van der Waals surface area contributed by atoms with Crippen LogP contribution in [0.3, 0.4) is 0 Å². The molecule has 2 saturated carbocycles. The van der Waals surface area contributed by atoms with Gasteiger partial charge in [0.05, 0.1) is 5.54 Å². The second kappa shape index (κ2) is 4.57. The smallest absolute Gasteiger partial charge is 0.146 e. The zero-order chi connectivity index (χ0) is 14.4. The van der Waals surface area contributed by atoms with Gasteiger partial charge in [0.2, 0.25) is 0 Å². The fourth-order valence-electron chi connectivity index (χ4n) is 3.68. The summed E-state index contributed by atoms with van der Waals surface area (Å²) >= 11 is 0. The van der Waals surface area contributed by atoms with E-state index in [0.29, 0.717) is 5.69 Å². The van der Waals surface area contributed by atoms with Gasteiger partial charge in [-0.2, -0.15) is 10.2 Å². The van der Waals surface area contributed by atoms with Crippen molar-refractivity contribution in [1.82, 2.24) is 0 Å². The summed E-state index contributed by atoms with van der Waals surface area (Å²) in [5.41, 5.74) is 1.54. The quantitative estimate of drug-likeness (QED) is 0.747. The van der Waals surface area contributed by atoms with Gasteiger partial charge >= 0.3 is 0 Å². The molecular weight excluding hydrogens is 248 g/mol. The summed E-state index contributed by atoms with van der Waals surface area (Å²) in [6, 6.07) is 5.78. The molecule has 3 rings (SSSR count). The monoisotopic (exact) mass is 272 g/mol. The minimum absolute atomic E-state index is 0.0782. The van der Waals surface area contributed by atoms with E-state index in [-0.39, 0.29) is 16.7 Å². The third-order valence-electron chi connectivity index (χ3n) is 4.90. The molecule has 20 heavy (non-hydrogen) atoms. The SMILES string of the molecule is CC(C)(C)c1cccc(N=NC23CCC(CC2)C3)c1O. The van der Waals surface area contributed by atoms with Crippen molar-refractivity contribution in [2.24, 2.45) is 16.1 Å². The molecule has 0 heterocycles. The van der Waals surface area contributed by atoms with Crippen LogP contribution in [0.15, 0.2) is 28.4 Å². The highest BCUT2D eigenvalue weighted by atomic mass is 16.3. The number of hydrogen-bond donors (Lipinski definition) is 1. The lowest BCUT2D eigenvalue weighted by Gasteiger charge is -2.22. The Balaban J connectivity index is 1.88. The minimum Gasteiger partial charge on any atom is -0.505 e. The molecule has 2 aliphatic rings. The fraction of sp³-hybridized carbons (Fsp3) is 0.647. The third-order valence-corrected chi connectivity index (χ3v) is 4.90. The van der Waals surface area contributed by atoms with Crippen molar-refractivity contribution < 1.29 is 5.11 Å². The molecule has 3 nitrogen and oxygen atoms in total. The van der Waals surface area contributed by atoms with Crippen LogP contribution >= 0.6 is 0 Å². The van der Waals surface area contributed by atoms with Crippen molar-refractivity contribution in [3.63, 3.8) is 0 Å². The summed E-state index contributed by atoms with van der Waals surface area (Å²) in [7, 11) is 0. The summed E-state index contributed by atoms with van der Waals surface area (Å²) in [5.74, 6) is 1.15. The number of azo groups is 1. The molecular formula is C17H24N2O. The number of para-hydroxylation sites is 1. The largest absolute Gasteiger partial charge is 0.505 e. The van der Waals surface area contributed by atoms with Crippen LogP contribution in [0.1, 0.15) is 58.4 Å². The summed E-state index contributed by atoms with van der Waals surface area (Å²) in [5, 5.41) is 19.5. The lowest BCUT2D eigenvalue weighted by molar-refractivity contribution is 0.404. The number of benzene rings is 1. The molecule has 0 aliphatic heterocycles. The number of aromatic hydroxyl groups is 1. The van der Waals surface area contributed by atoms with Gasteiger partial charge < -0.3 is 5.11 Å². The molecule has 0 atom stereocenters. The molecule has 1 N–H and O–H groups in total. The van der Waals surface area contributed by atoms with Crippen LogP contribution in [0.4, 0.5) is 5.69 Å². The lowest BCUT2D eigenvalue weighted by atomic mass is 9.86. The molecule has 2 fully saturated rings. The van der Waals surface area contributed by atoms with Gasteiger partial charge in [0.25, 0.3) is 0 Å². The van der Waals surface area contributed by atoms with E-state index in [4.69, 9.17) is 0 Å². The fourth-order valence-corrected chi connectivity index (χ4v) is 3.68. The second-order valence-corrected chi connectivity index (χ2v) is 7.50. The van der Waals surface area contributed by atoms with Gasteiger partial charge in [0.1, 0.15) is 11.4 Å². The highest BCUT2D eigenvalue weighted by Gasteiger charge is 2.45. The van der Waals surface area contributed by atoms with E-state index in [2.05, 4.69) is 31.0 Å². The first-order valence-corrected chi connectivity index (χ1v) is 7.65. The Morgan fingerprint density at radius 2 is 1.90 bits per heavy atom. The van der Waals surface area contributed by atoms with Gasteiger partial charge in [-0.15, -0.1) is 0 Å². The Hall–Kier alpha value is -1.38. The Morgan fingerprint density at radius 1 is 1.20 bits per heavy atom. The zero-order valence-corrected chi connectivity index (χ0v) is 12.7. The van der Waals surface area contributed by atoms with Gasteiger partial charge in [-0.3, -0.25) is 0 Å². The molecule has 0 unspecified atom stereocenters. The van der Waals surface area contributed by atoms with Crippen molar-refractivity contribution in [3.05, 3.63) is 23.8 Å². The van der Waals surface area contributed by atoms with Crippen LogP contribution in [0.25, 0.3) is 0 Å². The van der Waals surface area contributed by atoms with E-state index in [1.807, 2.05) is 18.2 Å². The topological polar surface area (TPSA) is 45.0 Å². The van der Waals surface area contributed by atoms with Gasteiger partial charge in [-0.1, -0.05) is 32.9 Å². The van der Waals surface area contributed by atoms with Crippen LogP contribution in [-0.2, 0) is 5.41 Å². The molecule has 1 aromatic rings. The number of rotatable bonds is 2. The maximum atomic E-state index is 10.4. The first-order chi connectivity index (χ1) is 9.40. The molecule has 3 heteroatoms. The molecule has 0 amide bonds. The van der Waals surface area contributed by atoms with Crippen LogP contribution in [0.5, 0.6) is 5.75 Å². The van der Waals surface area contributed by atoms with Crippen LogP contribution in [0.2, 0.25) is 0 Å². The number of phenols is 1. The average Bonchev–Trinajstić information content (AvgIpc) is 2.97. The zero-order valence-electron chi connectivity index (χ0n) is 12.7. The number of nitrogens with zero attached hydrogens (tertiary/aromatic N) is 2. The van der Waals surface area contributed by atoms with Gasteiger partial charge in [-0.25, -0.2) is 0 Å². The van der Waals surface area contributed by atoms with Crippen LogP contribution < -0.4 is 0 Å². The summed E-state index contributed by atoms with van der Waals surface area (Å²) in [6.45, 7) is 6.29. The molecule has 108 valence electrons. The molecule has 2 bridgehead atoms. The maximum Gasteiger partial charge on any atom is 0.146 e. The Kier molecular flexibility index (Phi) is 3.11. The van der Waals surface area contributed by atoms with E-state index in [9.17, 15) is 5.11 Å². The predicted molar refractivity (Wildman–Crippen MR) is 80.6 cm³/mol. The molecule has 1 aromatic carbocycles. The van der Waals surface area contributed by atoms with Crippen LogP contribution in [-0.4, -0.2) is 10.6 Å². The predicted octanol–water partition coefficient (Wildman–Crippen LogP) is 5.11. The number of hydrogen-bond acceptors (Lipinski definition) is 3. The molecule has 0 spiro atoms. The van der Waals surface area contributed by atoms with Gasteiger partial charge in [0, 0.05) is 5.56 Å². The van der Waals surface area contributed by atoms with Crippen molar-refractivity contribution in [2.75, 3.05) is 0 Å². The Labute approximate surface area is 121 Å². The van der Waals surface area contributed by atoms with Gasteiger partial charge in [0.15, 0.2) is 0 Å². The Bertz CT molecular complexity index is 534. The van der Waals surface area contributed by atoms with Crippen molar-refractivity contribution in [3.8, 4) is 5.75 Å². The molecule has 2 aliphatic carbocycles. The summed E-state index contributed by atoms with van der Waals surface area (Å²) < 4.78 is 0. The normalized spacial score (nSPS) is 29.4. The van der Waals surface area contributed by atoms with E-state index >= 15 is 0 Å². The molecule has 0 aromatic heterocycles.